The van der Waals surface area contributed by atoms with Crippen LogP contribution in [0.5, 0.6) is 5.75 Å². The van der Waals surface area contributed by atoms with E-state index in [-0.39, 0.29) is 0 Å². The molecule has 1 rings (SSSR count). The van der Waals surface area contributed by atoms with Gasteiger partial charge in [0.05, 0.1) is 12.8 Å². The van der Waals surface area contributed by atoms with Crippen LogP contribution in [0.25, 0.3) is 0 Å². The van der Waals surface area contributed by atoms with Crippen LogP contribution in [0.3, 0.4) is 0 Å². The SMILES string of the molecule is CC(C)COc1cncc(C(C)CN)c1. The van der Waals surface area contributed by atoms with Gasteiger partial charge in [0, 0.05) is 6.20 Å². The van der Waals surface area contributed by atoms with Gasteiger partial charge in [-0.1, -0.05) is 20.8 Å². The number of hydrogen-bond acceptors (Lipinski definition) is 3. The largest absolute Gasteiger partial charge is 0.492 e. The minimum Gasteiger partial charge on any atom is -0.492 e. The van der Waals surface area contributed by atoms with E-state index in [0.717, 1.165) is 17.9 Å². The van der Waals surface area contributed by atoms with Crippen LogP contribution < -0.4 is 10.5 Å². The molecular weight excluding hydrogens is 188 g/mol. The summed E-state index contributed by atoms with van der Waals surface area (Å²) in [5.74, 6) is 1.70. The molecule has 3 heteroatoms. The van der Waals surface area contributed by atoms with Gasteiger partial charge in [-0.2, -0.15) is 0 Å². The molecule has 1 aromatic heterocycles. The Labute approximate surface area is 91.7 Å². The molecule has 0 bridgehead atoms. The first-order chi connectivity index (χ1) is 7.13. The third kappa shape index (κ3) is 3.88. The molecular formula is C12H20N2O. The van der Waals surface area contributed by atoms with E-state index in [4.69, 9.17) is 10.5 Å². The predicted molar refractivity (Wildman–Crippen MR) is 62.0 cm³/mol. The maximum atomic E-state index is 5.61. The minimum atomic E-state index is 0.333. The Hall–Kier alpha value is -1.09. The highest BCUT2D eigenvalue weighted by Gasteiger charge is 2.05. The van der Waals surface area contributed by atoms with Gasteiger partial charge in [0.1, 0.15) is 5.75 Å². The average Bonchev–Trinajstić information content (AvgIpc) is 2.25. The van der Waals surface area contributed by atoms with Crippen molar-refractivity contribution >= 4 is 0 Å². The van der Waals surface area contributed by atoms with Crippen LogP contribution in [0, 0.1) is 5.92 Å². The van der Waals surface area contributed by atoms with Gasteiger partial charge in [0.2, 0.25) is 0 Å². The lowest BCUT2D eigenvalue weighted by Gasteiger charge is -2.12. The van der Waals surface area contributed by atoms with E-state index in [9.17, 15) is 0 Å². The van der Waals surface area contributed by atoms with Crippen LogP contribution >= 0.6 is 0 Å². The van der Waals surface area contributed by atoms with Crippen LogP contribution in [0.15, 0.2) is 18.5 Å². The second-order valence-corrected chi connectivity index (χ2v) is 4.30. The molecule has 15 heavy (non-hydrogen) atoms. The number of nitrogens with zero attached hydrogens (tertiary/aromatic N) is 1. The van der Waals surface area contributed by atoms with E-state index in [1.165, 1.54) is 0 Å². The van der Waals surface area contributed by atoms with Gasteiger partial charge in [-0.15, -0.1) is 0 Å². The maximum absolute atomic E-state index is 5.61. The number of pyridine rings is 1. The van der Waals surface area contributed by atoms with Crippen molar-refractivity contribution in [3.63, 3.8) is 0 Å². The highest BCUT2D eigenvalue weighted by atomic mass is 16.5. The summed E-state index contributed by atoms with van der Waals surface area (Å²) in [6.45, 7) is 7.69. The number of ether oxygens (including phenoxy) is 1. The molecule has 0 fully saturated rings. The number of nitrogens with two attached hydrogens (primary N) is 1. The Kier molecular flexibility index (Phi) is 4.56. The molecule has 2 N–H and O–H groups in total. The van der Waals surface area contributed by atoms with Gasteiger partial charge in [-0.3, -0.25) is 4.98 Å². The summed E-state index contributed by atoms with van der Waals surface area (Å²) in [7, 11) is 0. The molecule has 0 amide bonds. The zero-order chi connectivity index (χ0) is 11.3. The van der Waals surface area contributed by atoms with Crippen LogP contribution in [0.4, 0.5) is 0 Å². The average molecular weight is 208 g/mol. The van der Waals surface area contributed by atoms with E-state index in [2.05, 4.69) is 25.8 Å². The summed E-state index contributed by atoms with van der Waals surface area (Å²) in [6.07, 6.45) is 3.59. The van der Waals surface area contributed by atoms with Crippen molar-refractivity contribution in [3.8, 4) is 5.75 Å². The van der Waals surface area contributed by atoms with Crippen molar-refractivity contribution in [1.82, 2.24) is 4.98 Å². The third-order valence-corrected chi connectivity index (χ3v) is 2.24. The van der Waals surface area contributed by atoms with Crippen molar-refractivity contribution in [2.45, 2.75) is 26.7 Å². The van der Waals surface area contributed by atoms with Crippen LogP contribution in [0.1, 0.15) is 32.3 Å². The fraction of sp³-hybridized carbons (Fsp3) is 0.583. The van der Waals surface area contributed by atoms with Gasteiger partial charge in [-0.05, 0) is 30.0 Å². The summed E-state index contributed by atoms with van der Waals surface area (Å²) in [4.78, 5) is 4.15. The van der Waals surface area contributed by atoms with Crippen LogP contribution in [-0.4, -0.2) is 18.1 Å². The number of rotatable bonds is 5. The molecule has 84 valence electrons. The fourth-order valence-corrected chi connectivity index (χ4v) is 1.18. The van der Waals surface area contributed by atoms with Gasteiger partial charge in [-0.25, -0.2) is 0 Å². The Morgan fingerprint density at radius 2 is 2.07 bits per heavy atom. The van der Waals surface area contributed by atoms with E-state index in [1.807, 2.05) is 12.3 Å². The Morgan fingerprint density at radius 3 is 2.67 bits per heavy atom. The highest BCUT2D eigenvalue weighted by Crippen LogP contribution is 2.18. The molecule has 0 saturated heterocycles. The van der Waals surface area contributed by atoms with Gasteiger partial charge < -0.3 is 10.5 Å². The smallest absolute Gasteiger partial charge is 0.137 e. The molecule has 0 aliphatic heterocycles. The molecule has 1 heterocycles. The van der Waals surface area contributed by atoms with E-state index >= 15 is 0 Å². The maximum Gasteiger partial charge on any atom is 0.137 e. The first-order valence-electron chi connectivity index (χ1n) is 5.41. The Morgan fingerprint density at radius 1 is 1.33 bits per heavy atom. The second-order valence-electron chi connectivity index (χ2n) is 4.30. The highest BCUT2D eigenvalue weighted by molar-refractivity contribution is 5.26. The Bertz CT molecular complexity index is 299. The molecule has 1 atom stereocenters. The molecule has 0 saturated carbocycles. The van der Waals surface area contributed by atoms with E-state index < -0.39 is 0 Å². The topological polar surface area (TPSA) is 48.1 Å². The molecule has 0 radical (unpaired) electrons. The summed E-state index contributed by atoms with van der Waals surface area (Å²) in [5.41, 5.74) is 6.75. The summed E-state index contributed by atoms with van der Waals surface area (Å²) in [5, 5.41) is 0. The van der Waals surface area contributed by atoms with E-state index in [1.54, 1.807) is 6.20 Å². The van der Waals surface area contributed by atoms with Crippen molar-refractivity contribution in [1.29, 1.82) is 0 Å². The molecule has 1 unspecified atom stereocenters. The van der Waals surface area contributed by atoms with Gasteiger partial charge in [0.15, 0.2) is 0 Å². The monoisotopic (exact) mass is 208 g/mol. The summed E-state index contributed by atoms with van der Waals surface area (Å²) >= 11 is 0. The van der Waals surface area contributed by atoms with E-state index in [0.29, 0.717) is 18.4 Å². The quantitative estimate of drug-likeness (QED) is 0.806. The minimum absolute atomic E-state index is 0.333. The first kappa shape index (κ1) is 12.0. The zero-order valence-corrected chi connectivity index (χ0v) is 9.73. The van der Waals surface area contributed by atoms with Crippen LogP contribution in [0.2, 0.25) is 0 Å². The molecule has 0 spiro atoms. The normalized spacial score (nSPS) is 12.9. The Balaban J connectivity index is 2.65. The molecule has 3 nitrogen and oxygen atoms in total. The fourth-order valence-electron chi connectivity index (χ4n) is 1.18. The van der Waals surface area contributed by atoms with Crippen LogP contribution in [-0.2, 0) is 0 Å². The van der Waals surface area contributed by atoms with Gasteiger partial charge >= 0.3 is 0 Å². The first-order valence-corrected chi connectivity index (χ1v) is 5.41. The van der Waals surface area contributed by atoms with Crippen molar-refractivity contribution in [2.24, 2.45) is 11.7 Å². The number of aromatic nitrogens is 1. The lowest BCUT2D eigenvalue weighted by molar-refractivity contribution is 0.270. The molecule has 1 aromatic rings. The lowest BCUT2D eigenvalue weighted by Crippen LogP contribution is -2.10. The zero-order valence-electron chi connectivity index (χ0n) is 9.73. The third-order valence-electron chi connectivity index (χ3n) is 2.24. The second kappa shape index (κ2) is 5.71. The number of hydrogen-bond donors (Lipinski definition) is 1. The van der Waals surface area contributed by atoms with Crippen molar-refractivity contribution in [3.05, 3.63) is 24.0 Å². The summed E-state index contributed by atoms with van der Waals surface area (Å²) < 4.78 is 5.60. The lowest BCUT2D eigenvalue weighted by atomic mass is 10.0. The molecule has 0 aliphatic rings. The van der Waals surface area contributed by atoms with Crippen molar-refractivity contribution in [2.75, 3.05) is 13.2 Å². The van der Waals surface area contributed by atoms with Crippen molar-refractivity contribution < 1.29 is 4.74 Å². The predicted octanol–water partition coefficient (Wildman–Crippen LogP) is 2.18. The van der Waals surface area contributed by atoms with Gasteiger partial charge in [0.25, 0.3) is 0 Å². The molecule has 0 aromatic carbocycles. The summed E-state index contributed by atoms with van der Waals surface area (Å²) in [6, 6.07) is 2.02. The molecule has 0 aliphatic carbocycles. The standard InChI is InChI=1S/C12H20N2O/c1-9(2)8-15-12-4-11(6-14-7-12)10(3)5-13/h4,6-7,9-10H,5,8,13H2,1-3H3.